The van der Waals surface area contributed by atoms with Crippen LogP contribution >= 0.6 is 0 Å². The van der Waals surface area contributed by atoms with Gasteiger partial charge >= 0.3 is 0 Å². The molecule has 1 amide bonds. The average Bonchev–Trinajstić information content (AvgIpc) is 2.63. The van der Waals surface area contributed by atoms with Crippen molar-refractivity contribution in [3.8, 4) is 0 Å². The number of anilines is 1. The maximum absolute atomic E-state index is 12.5. The first-order valence-electron chi connectivity index (χ1n) is 5.85. The lowest BCUT2D eigenvalue weighted by atomic mass is 10.1. The van der Waals surface area contributed by atoms with Gasteiger partial charge in [-0.1, -0.05) is 18.2 Å². The molecule has 18 heavy (non-hydrogen) atoms. The summed E-state index contributed by atoms with van der Waals surface area (Å²) in [6, 6.07) is 9.60. The molecule has 1 aromatic carbocycles. The van der Waals surface area contributed by atoms with Gasteiger partial charge in [-0.2, -0.15) is 5.10 Å². The summed E-state index contributed by atoms with van der Waals surface area (Å²) < 4.78 is 1.74. The SMILES string of the molecule is Cc1nn(C)c(C)c1C(=O)N(C)c1ccccc1. The van der Waals surface area contributed by atoms with Crippen molar-refractivity contribution in [2.45, 2.75) is 13.8 Å². The number of hydrogen-bond acceptors (Lipinski definition) is 2. The van der Waals surface area contributed by atoms with Gasteiger partial charge in [0.1, 0.15) is 0 Å². The Labute approximate surface area is 107 Å². The molecule has 4 heteroatoms. The van der Waals surface area contributed by atoms with Gasteiger partial charge in [0, 0.05) is 25.5 Å². The average molecular weight is 243 g/mol. The molecule has 0 aliphatic heterocycles. The molecule has 0 radical (unpaired) electrons. The maximum atomic E-state index is 12.5. The van der Waals surface area contributed by atoms with Gasteiger partial charge in [-0.05, 0) is 26.0 Å². The van der Waals surface area contributed by atoms with E-state index < -0.39 is 0 Å². The van der Waals surface area contributed by atoms with Crippen LogP contribution in [0.25, 0.3) is 0 Å². The summed E-state index contributed by atoms with van der Waals surface area (Å²) in [4.78, 5) is 14.1. The topological polar surface area (TPSA) is 38.1 Å². The minimum Gasteiger partial charge on any atom is -0.311 e. The molecule has 1 aromatic heterocycles. The smallest absolute Gasteiger partial charge is 0.261 e. The van der Waals surface area contributed by atoms with Crippen molar-refractivity contribution in [2.24, 2.45) is 7.05 Å². The summed E-state index contributed by atoms with van der Waals surface area (Å²) >= 11 is 0. The van der Waals surface area contributed by atoms with Crippen LogP contribution in [0.4, 0.5) is 5.69 Å². The highest BCUT2D eigenvalue weighted by Crippen LogP contribution is 2.19. The minimum atomic E-state index is -0.0238. The maximum Gasteiger partial charge on any atom is 0.261 e. The van der Waals surface area contributed by atoms with E-state index in [-0.39, 0.29) is 5.91 Å². The molecule has 4 nitrogen and oxygen atoms in total. The van der Waals surface area contributed by atoms with Crippen LogP contribution in [0.1, 0.15) is 21.7 Å². The van der Waals surface area contributed by atoms with Crippen LogP contribution in [0.5, 0.6) is 0 Å². The number of hydrogen-bond donors (Lipinski definition) is 0. The molecule has 94 valence electrons. The van der Waals surface area contributed by atoms with E-state index in [2.05, 4.69) is 5.10 Å². The zero-order valence-corrected chi connectivity index (χ0v) is 11.1. The Morgan fingerprint density at radius 2 is 1.83 bits per heavy atom. The number of carbonyl (C=O) groups excluding carboxylic acids is 1. The lowest BCUT2D eigenvalue weighted by Crippen LogP contribution is -2.27. The number of nitrogens with zero attached hydrogens (tertiary/aromatic N) is 3. The second kappa shape index (κ2) is 4.64. The van der Waals surface area contributed by atoms with Crippen molar-refractivity contribution in [1.29, 1.82) is 0 Å². The minimum absolute atomic E-state index is 0.0238. The number of carbonyl (C=O) groups is 1. The van der Waals surface area contributed by atoms with Crippen LogP contribution < -0.4 is 4.90 Å². The van der Waals surface area contributed by atoms with Crippen molar-refractivity contribution in [3.05, 3.63) is 47.3 Å². The molecule has 0 N–H and O–H groups in total. The van der Waals surface area contributed by atoms with Crippen molar-refractivity contribution < 1.29 is 4.79 Å². The number of para-hydroxylation sites is 1. The zero-order chi connectivity index (χ0) is 13.3. The third-order valence-electron chi connectivity index (χ3n) is 3.17. The third-order valence-corrected chi connectivity index (χ3v) is 3.17. The van der Waals surface area contributed by atoms with Crippen molar-refractivity contribution in [2.75, 3.05) is 11.9 Å². The van der Waals surface area contributed by atoms with E-state index in [9.17, 15) is 4.79 Å². The van der Waals surface area contributed by atoms with Crippen molar-refractivity contribution in [1.82, 2.24) is 9.78 Å². The molecule has 2 aromatic rings. The monoisotopic (exact) mass is 243 g/mol. The van der Waals surface area contributed by atoms with Gasteiger partial charge in [0.25, 0.3) is 5.91 Å². The van der Waals surface area contributed by atoms with Crippen molar-refractivity contribution in [3.63, 3.8) is 0 Å². The van der Waals surface area contributed by atoms with Crippen LogP contribution in [0.2, 0.25) is 0 Å². The van der Waals surface area contributed by atoms with Crippen LogP contribution in [0.3, 0.4) is 0 Å². The predicted octanol–water partition coefficient (Wildman–Crippen LogP) is 2.31. The van der Waals surface area contributed by atoms with E-state index in [4.69, 9.17) is 0 Å². The summed E-state index contributed by atoms with van der Waals surface area (Å²) in [5, 5.41) is 4.28. The first kappa shape index (κ1) is 12.4. The molecule has 0 saturated heterocycles. The molecule has 0 aliphatic carbocycles. The molecule has 0 atom stereocenters. The van der Waals surface area contributed by atoms with E-state index in [1.807, 2.05) is 51.2 Å². The normalized spacial score (nSPS) is 10.4. The number of rotatable bonds is 2. The lowest BCUT2D eigenvalue weighted by molar-refractivity contribution is 0.0992. The van der Waals surface area contributed by atoms with Crippen LogP contribution in [0, 0.1) is 13.8 Å². The Morgan fingerprint density at radius 1 is 1.22 bits per heavy atom. The number of benzene rings is 1. The molecule has 0 fully saturated rings. The molecule has 2 rings (SSSR count). The van der Waals surface area contributed by atoms with Crippen LogP contribution in [-0.2, 0) is 7.05 Å². The van der Waals surface area contributed by atoms with Crippen LogP contribution in [0.15, 0.2) is 30.3 Å². The Morgan fingerprint density at radius 3 is 2.33 bits per heavy atom. The van der Waals surface area contributed by atoms with Gasteiger partial charge in [0.2, 0.25) is 0 Å². The standard InChI is InChI=1S/C14H17N3O/c1-10-13(11(2)17(4)15-10)14(18)16(3)12-8-6-5-7-9-12/h5-9H,1-4H3. The van der Waals surface area contributed by atoms with Gasteiger partial charge in [-0.25, -0.2) is 0 Å². The first-order valence-corrected chi connectivity index (χ1v) is 5.85. The Hall–Kier alpha value is -2.10. The van der Waals surface area contributed by atoms with Gasteiger partial charge in [-0.15, -0.1) is 0 Å². The van der Waals surface area contributed by atoms with Gasteiger partial charge in [-0.3, -0.25) is 9.48 Å². The summed E-state index contributed by atoms with van der Waals surface area (Å²) in [7, 11) is 3.63. The first-order chi connectivity index (χ1) is 8.52. The number of aromatic nitrogens is 2. The largest absolute Gasteiger partial charge is 0.311 e. The fourth-order valence-electron chi connectivity index (χ4n) is 2.02. The molecule has 0 aliphatic rings. The van der Waals surface area contributed by atoms with Gasteiger partial charge < -0.3 is 4.90 Å². The Balaban J connectivity index is 2.38. The molecule has 0 spiro atoms. The molecule has 0 unspecified atom stereocenters. The van der Waals surface area contributed by atoms with E-state index in [0.29, 0.717) is 5.56 Å². The highest BCUT2D eigenvalue weighted by Gasteiger charge is 2.21. The molecular formula is C14H17N3O. The second-order valence-electron chi connectivity index (χ2n) is 4.37. The Bertz CT molecular complexity index is 572. The summed E-state index contributed by atoms with van der Waals surface area (Å²) in [6.07, 6.45) is 0. The quantitative estimate of drug-likeness (QED) is 0.811. The second-order valence-corrected chi connectivity index (χ2v) is 4.37. The fourth-order valence-corrected chi connectivity index (χ4v) is 2.02. The van der Waals surface area contributed by atoms with Gasteiger partial charge in [0.05, 0.1) is 11.3 Å². The molecule has 0 saturated carbocycles. The zero-order valence-electron chi connectivity index (χ0n) is 11.1. The van der Waals surface area contributed by atoms with Crippen molar-refractivity contribution >= 4 is 11.6 Å². The fraction of sp³-hybridized carbons (Fsp3) is 0.286. The molecular weight excluding hydrogens is 226 g/mol. The van der Waals surface area contributed by atoms with E-state index in [1.165, 1.54) is 0 Å². The summed E-state index contributed by atoms with van der Waals surface area (Å²) in [6.45, 7) is 3.77. The summed E-state index contributed by atoms with van der Waals surface area (Å²) in [5.74, 6) is -0.0238. The number of aryl methyl sites for hydroxylation is 2. The molecule has 0 bridgehead atoms. The third kappa shape index (κ3) is 2.01. The number of amides is 1. The predicted molar refractivity (Wildman–Crippen MR) is 71.9 cm³/mol. The highest BCUT2D eigenvalue weighted by atomic mass is 16.2. The van der Waals surface area contributed by atoms with E-state index >= 15 is 0 Å². The highest BCUT2D eigenvalue weighted by molar-refractivity contribution is 6.07. The van der Waals surface area contributed by atoms with Gasteiger partial charge in [0.15, 0.2) is 0 Å². The van der Waals surface area contributed by atoms with Crippen LogP contribution in [-0.4, -0.2) is 22.7 Å². The molecule has 1 heterocycles. The Kier molecular flexibility index (Phi) is 3.19. The lowest BCUT2D eigenvalue weighted by Gasteiger charge is -2.17. The summed E-state index contributed by atoms with van der Waals surface area (Å²) in [5.41, 5.74) is 3.22. The van der Waals surface area contributed by atoms with E-state index in [0.717, 1.165) is 17.1 Å². The van der Waals surface area contributed by atoms with E-state index in [1.54, 1.807) is 16.6 Å².